The Labute approximate surface area is 124 Å². The van der Waals surface area contributed by atoms with Crippen LogP contribution in [0.5, 0.6) is 5.75 Å². The van der Waals surface area contributed by atoms with Gasteiger partial charge in [-0.3, -0.25) is 4.79 Å². The van der Waals surface area contributed by atoms with E-state index in [1.54, 1.807) is 12.1 Å². The summed E-state index contributed by atoms with van der Waals surface area (Å²) < 4.78 is 29.9. The van der Waals surface area contributed by atoms with Crippen LogP contribution in [0.3, 0.4) is 0 Å². The van der Waals surface area contributed by atoms with Crippen molar-refractivity contribution in [1.29, 1.82) is 0 Å². The minimum Gasteiger partial charge on any atom is -0.496 e. The van der Waals surface area contributed by atoms with E-state index in [1.807, 2.05) is 13.0 Å². The SMILES string of the molecule is COc1ccc(C)cc1CS(=O)(=O)CC1(CC(=O)O)CC1. The Morgan fingerprint density at radius 1 is 1.38 bits per heavy atom. The van der Waals surface area contributed by atoms with Crippen molar-refractivity contribution in [3.05, 3.63) is 29.3 Å². The monoisotopic (exact) mass is 312 g/mol. The summed E-state index contributed by atoms with van der Waals surface area (Å²) >= 11 is 0. The molecular formula is C15H20O5S. The lowest BCUT2D eigenvalue weighted by molar-refractivity contribution is -0.138. The van der Waals surface area contributed by atoms with Crippen LogP contribution in [0, 0.1) is 12.3 Å². The lowest BCUT2D eigenvalue weighted by Crippen LogP contribution is -2.21. The number of sulfone groups is 1. The third-order valence-corrected chi connectivity index (χ3v) is 5.62. The Balaban J connectivity index is 2.15. The molecule has 1 aliphatic carbocycles. The molecular weight excluding hydrogens is 292 g/mol. The van der Waals surface area contributed by atoms with Crippen LogP contribution in [0.15, 0.2) is 18.2 Å². The largest absolute Gasteiger partial charge is 0.496 e. The number of ether oxygens (including phenoxy) is 1. The number of benzene rings is 1. The van der Waals surface area contributed by atoms with Gasteiger partial charge in [0.25, 0.3) is 0 Å². The fourth-order valence-corrected chi connectivity index (χ4v) is 4.77. The van der Waals surface area contributed by atoms with Gasteiger partial charge in [0.2, 0.25) is 0 Å². The summed E-state index contributed by atoms with van der Waals surface area (Å²) in [6, 6.07) is 5.42. The molecule has 6 heteroatoms. The number of aryl methyl sites for hydroxylation is 1. The summed E-state index contributed by atoms with van der Waals surface area (Å²) in [6.45, 7) is 1.89. The first kappa shape index (κ1) is 15.8. The fraction of sp³-hybridized carbons (Fsp3) is 0.533. The van der Waals surface area contributed by atoms with Gasteiger partial charge in [-0.25, -0.2) is 8.42 Å². The Hall–Kier alpha value is -1.56. The summed E-state index contributed by atoms with van der Waals surface area (Å²) in [5.74, 6) is -0.564. The van der Waals surface area contributed by atoms with Crippen molar-refractivity contribution in [1.82, 2.24) is 0 Å². The van der Waals surface area contributed by atoms with E-state index in [4.69, 9.17) is 9.84 Å². The van der Waals surface area contributed by atoms with Crippen LogP contribution in [-0.4, -0.2) is 32.4 Å². The van der Waals surface area contributed by atoms with Crippen LogP contribution in [0.2, 0.25) is 0 Å². The number of methoxy groups -OCH3 is 1. The van der Waals surface area contributed by atoms with Crippen molar-refractivity contribution in [2.24, 2.45) is 5.41 Å². The van der Waals surface area contributed by atoms with Gasteiger partial charge < -0.3 is 9.84 Å². The second-order valence-electron chi connectivity index (χ2n) is 5.92. The van der Waals surface area contributed by atoms with Crippen LogP contribution in [-0.2, 0) is 20.4 Å². The van der Waals surface area contributed by atoms with E-state index in [-0.39, 0.29) is 17.9 Å². The zero-order valence-corrected chi connectivity index (χ0v) is 13.1. The second-order valence-corrected chi connectivity index (χ2v) is 7.98. The maximum Gasteiger partial charge on any atom is 0.303 e. The van der Waals surface area contributed by atoms with Crippen LogP contribution in [0.4, 0.5) is 0 Å². The minimum atomic E-state index is -3.37. The van der Waals surface area contributed by atoms with E-state index in [1.165, 1.54) is 7.11 Å². The highest BCUT2D eigenvalue weighted by Crippen LogP contribution is 2.50. The normalized spacial score (nSPS) is 16.5. The lowest BCUT2D eigenvalue weighted by Gasteiger charge is -2.14. The minimum absolute atomic E-state index is 0.0661. The summed E-state index contributed by atoms with van der Waals surface area (Å²) in [7, 11) is -1.86. The molecule has 21 heavy (non-hydrogen) atoms. The number of hydrogen-bond acceptors (Lipinski definition) is 4. The van der Waals surface area contributed by atoms with Gasteiger partial charge in [0.05, 0.1) is 25.0 Å². The topological polar surface area (TPSA) is 80.7 Å². The van der Waals surface area contributed by atoms with Crippen LogP contribution in [0.1, 0.15) is 30.4 Å². The Morgan fingerprint density at radius 3 is 2.57 bits per heavy atom. The van der Waals surface area contributed by atoms with Crippen molar-refractivity contribution in [3.63, 3.8) is 0 Å². The van der Waals surface area contributed by atoms with Crippen LogP contribution in [0.25, 0.3) is 0 Å². The van der Waals surface area contributed by atoms with Gasteiger partial charge in [0, 0.05) is 5.56 Å². The Morgan fingerprint density at radius 2 is 2.05 bits per heavy atom. The zero-order valence-electron chi connectivity index (χ0n) is 12.3. The van der Waals surface area contributed by atoms with Crippen molar-refractivity contribution < 1.29 is 23.1 Å². The summed E-state index contributed by atoms with van der Waals surface area (Å²) in [4.78, 5) is 10.8. The molecule has 1 saturated carbocycles. The van der Waals surface area contributed by atoms with Gasteiger partial charge in [0.1, 0.15) is 5.75 Å². The highest BCUT2D eigenvalue weighted by molar-refractivity contribution is 7.90. The Kier molecular flexibility index (Phi) is 4.27. The van der Waals surface area contributed by atoms with Gasteiger partial charge in [-0.05, 0) is 31.2 Å². The highest BCUT2D eigenvalue weighted by Gasteiger charge is 2.47. The average Bonchev–Trinajstić information content (AvgIpc) is 3.05. The molecule has 116 valence electrons. The number of rotatable bonds is 7. The third-order valence-electron chi connectivity index (χ3n) is 3.82. The van der Waals surface area contributed by atoms with Gasteiger partial charge in [-0.1, -0.05) is 17.7 Å². The Bertz CT molecular complexity index is 644. The van der Waals surface area contributed by atoms with Gasteiger partial charge in [-0.15, -0.1) is 0 Å². The molecule has 0 amide bonds. The zero-order chi connectivity index (χ0) is 15.7. The molecule has 1 N–H and O–H groups in total. The average molecular weight is 312 g/mol. The van der Waals surface area contributed by atoms with E-state index in [0.717, 1.165) is 5.56 Å². The number of aliphatic carboxylic acids is 1. The lowest BCUT2D eigenvalue weighted by atomic mass is 10.1. The predicted octanol–water partition coefficient (Wildman–Crippen LogP) is 2.17. The van der Waals surface area contributed by atoms with Crippen LogP contribution >= 0.6 is 0 Å². The quantitative estimate of drug-likeness (QED) is 0.834. The van der Waals surface area contributed by atoms with Crippen molar-refractivity contribution in [3.8, 4) is 5.75 Å². The molecule has 0 heterocycles. The first-order chi connectivity index (χ1) is 9.75. The molecule has 0 spiro atoms. The molecule has 0 aliphatic heterocycles. The van der Waals surface area contributed by atoms with E-state index in [9.17, 15) is 13.2 Å². The molecule has 0 bridgehead atoms. The molecule has 5 nitrogen and oxygen atoms in total. The molecule has 1 aliphatic rings. The summed E-state index contributed by atoms with van der Waals surface area (Å²) in [6.07, 6.45) is 1.27. The molecule has 0 radical (unpaired) electrons. The van der Waals surface area contributed by atoms with Crippen molar-refractivity contribution in [2.45, 2.75) is 31.9 Å². The smallest absolute Gasteiger partial charge is 0.303 e. The van der Waals surface area contributed by atoms with Crippen molar-refractivity contribution in [2.75, 3.05) is 12.9 Å². The standard InChI is InChI=1S/C15H20O5S/c1-11-3-4-13(20-2)12(7-11)9-21(18,19)10-15(5-6-15)8-14(16)17/h3-4,7H,5-6,8-10H2,1-2H3,(H,16,17). The number of carbonyl (C=O) groups is 1. The first-order valence-corrected chi connectivity index (χ1v) is 8.63. The third kappa shape index (κ3) is 4.20. The van der Waals surface area contributed by atoms with Gasteiger partial charge >= 0.3 is 5.97 Å². The molecule has 0 unspecified atom stereocenters. The van der Waals surface area contributed by atoms with Crippen molar-refractivity contribution >= 4 is 15.8 Å². The molecule has 1 aromatic carbocycles. The molecule has 0 saturated heterocycles. The number of carboxylic acid groups (broad SMARTS) is 1. The maximum absolute atomic E-state index is 12.4. The summed E-state index contributed by atoms with van der Waals surface area (Å²) in [5.41, 5.74) is 1.04. The number of hydrogen-bond donors (Lipinski definition) is 1. The molecule has 0 atom stereocenters. The van der Waals surface area contributed by atoms with E-state index >= 15 is 0 Å². The molecule has 2 rings (SSSR count). The highest BCUT2D eigenvalue weighted by atomic mass is 32.2. The second kappa shape index (κ2) is 5.67. The van der Waals surface area contributed by atoms with E-state index in [0.29, 0.717) is 24.2 Å². The molecule has 1 aromatic rings. The number of carboxylic acids is 1. The maximum atomic E-state index is 12.4. The predicted molar refractivity (Wildman–Crippen MR) is 79.1 cm³/mol. The van der Waals surface area contributed by atoms with E-state index < -0.39 is 21.2 Å². The molecule has 0 aromatic heterocycles. The van der Waals surface area contributed by atoms with E-state index in [2.05, 4.69) is 0 Å². The summed E-state index contributed by atoms with van der Waals surface area (Å²) in [5, 5.41) is 8.88. The fourth-order valence-electron chi connectivity index (χ4n) is 2.64. The van der Waals surface area contributed by atoms with Crippen LogP contribution < -0.4 is 4.74 Å². The van der Waals surface area contributed by atoms with Gasteiger partial charge in [0.15, 0.2) is 9.84 Å². The molecule has 1 fully saturated rings. The first-order valence-electron chi connectivity index (χ1n) is 6.81. The van der Waals surface area contributed by atoms with Gasteiger partial charge in [-0.2, -0.15) is 0 Å².